The summed E-state index contributed by atoms with van der Waals surface area (Å²) in [6, 6.07) is 5.81. The molecule has 0 saturated carbocycles. The lowest BCUT2D eigenvalue weighted by Gasteiger charge is -2.35. The van der Waals surface area contributed by atoms with Crippen molar-refractivity contribution in [2.45, 2.75) is 32.2 Å². The second kappa shape index (κ2) is 5.99. The highest BCUT2D eigenvalue weighted by atomic mass is 16.2. The molecule has 1 amide bonds. The van der Waals surface area contributed by atoms with Crippen LogP contribution in [0.4, 0.5) is 0 Å². The van der Waals surface area contributed by atoms with Gasteiger partial charge in [0.05, 0.1) is 6.04 Å². The first-order valence-electron chi connectivity index (χ1n) is 8.13. The number of fused-ring (bicyclic) bond motifs is 1. The van der Waals surface area contributed by atoms with Gasteiger partial charge in [-0.2, -0.15) is 0 Å². The monoisotopic (exact) mass is 322 g/mol. The average molecular weight is 322 g/mol. The predicted molar refractivity (Wildman–Crippen MR) is 87.4 cm³/mol. The number of amides is 1. The Morgan fingerprint density at radius 1 is 1.25 bits per heavy atom. The minimum absolute atomic E-state index is 0.0331. The first kappa shape index (κ1) is 14.7. The van der Waals surface area contributed by atoms with E-state index in [1.807, 2.05) is 36.2 Å². The Morgan fingerprint density at radius 3 is 3.00 bits per heavy atom. The minimum Gasteiger partial charge on any atom is -0.329 e. The Kier molecular flexibility index (Phi) is 3.68. The molecule has 24 heavy (non-hydrogen) atoms. The van der Waals surface area contributed by atoms with Gasteiger partial charge >= 0.3 is 0 Å². The molecule has 4 rings (SSSR count). The maximum absolute atomic E-state index is 13.1. The van der Waals surface area contributed by atoms with E-state index in [2.05, 4.69) is 20.2 Å². The van der Waals surface area contributed by atoms with Gasteiger partial charge in [-0.05, 0) is 43.9 Å². The lowest BCUT2D eigenvalue weighted by molar-refractivity contribution is 0.0597. The predicted octanol–water partition coefficient (Wildman–Crippen LogP) is 2.20. The van der Waals surface area contributed by atoms with Crippen LogP contribution in [0.3, 0.4) is 0 Å². The van der Waals surface area contributed by atoms with Crippen molar-refractivity contribution >= 4 is 11.7 Å². The summed E-state index contributed by atoms with van der Waals surface area (Å²) in [4.78, 5) is 23.5. The van der Waals surface area contributed by atoms with E-state index in [4.69, 9.17) is 0 Å². The van der Waals surface area contributed by atoms with Crippen LogP contribution in [0.2, 0.25) is 0 Å². The fraction of sp³-hybridized carbons (Fsp3) is 0.353. The highest BCUT2D eigenvalue weighted by molar-refractivity contribution is 5.91. The third-order valence-electron chi connectivity index (χ3n) is 4.44. The van der Waals surface area contributed by atoms with Gasteiger partial charge in [0, 0.05) is 30.8 Å². The zero-order chi connectivity index (χ0) is 16.5. The number of aryl methyl sites for hydroxylation is 1. The second-order valence-electron chi connectivity index (χ2n) is 6.06. The van der Waals surface area contributed by atoms with E-state index >= 15 is 0 Å². The van der Waals surface area contributed by atoms with Crippen molar-refractivity contribution in [3.63, 3.8) is 0 Å². The van der Waals surface area contributed by atoms with Gasteiger partial charge in [-0.25, -0.2) is 4.98 Å². The van der Waals surface area contributed by atoms with E-state index in [0.29, 0.717) is 18.1 Å². The zero-order valence-corrected chi connectivity index (χ0v) is 13.5. The third kappa shape index (κ3) is 2.51. The highest BCUT2D eigenvalue weighted by Crippen LogP contribution is 2.31. The number of hydrogen-bond acceptors (Lipinski definition) is 5. The van der Waals surface area contributed by atoms with E-state index in [1.165, 1.54) is 0 Å². The van der Waals surface area contributed by atoms with Crippen LogP contribution in [0.25, 0.3) is 5.78 Å². The molecule has 3 aromatic heterocycles. The summed E-state index contributed by atoms with van der Waals surface area (Å²) in [5.74, 6) is 0.656. The largest absolute Gasteiger partial charge is 0.329 e. The minimum atomic E-state index is -0.110. The van der Waals surface area contributed by atoms with Gasteiger partial charge in [0.15, 0.2) is 0 Å². The first-order chi connectivity index (χ1) is 11.7. The van der Waals surface area contributed by atoms with Crippen LogP contribution in [0.15, 0.2) is 36.8 Å². The first-order valence-corrected chi connectivity index (χ1v) is 8.13. The molecule has 0 N–H and O–H groups in total. The van der Waals surface area contributed by atoms with Crippen molar-refractivity contribution in [1.82, 2.24) is 29.5 Å². The molecule has 1 aliphatic heterocycles. The van der Waals surface area contributed by atoms with Crippen molar-refractivity contribution in [2.24, 2.45) is 0 Å². The lowest BCUT2D eigenvalue weighted by Crippen LogP contribution is -2.39. The van der Waals surface area contributed by atoms with E-state index < -0.39 is 0 Å². The molecule has 1 unspecified atom stereocenters. The molecule has 1 fully saturated rings. The maximum atomic E-state index is 13.1. The number of hydrogen-bond donors (Lipinski definition) is 0. The summed E-state index contributed by atoms with van der Waals surface area (Å²) in [6.07, 6.45) is 8.42. The Morgan fingerprint density at radius 2 is 2.17 bits per heavy atom. The summed E-state index contributed by atoms with van der Waals surface area (Å²) in [5, 5.41) is 8.12. The van der Waals surface area contributed by atoms with Crippen LogP contribution >= 0.6 is 0 Å². The lowest BCUT2D eigenvalue weighted by atomic mass is 9.96. The number of carbonyl (C=O) groups is 1. The number of nitrogens with zero attached hydrogens (tertiary/aromatic N) is 6. The molecular weight excluding hydrogens is 304 g/mol. The smallest absolute Gasteiger partial charge is 0.292 e. The molecule has 122 valence electrons. The van der Waals surface area contributed by atoms with Crippen molar-refractivity contribution < 1.29 is 4.79 Å². The molecule has 0 radical (unpaired) electrons. The van der Waals surface area contributed by atoms with Crippen LogP contribution in [-0.4, -0.2) is 41.9 Å². The molecule has 1 aliphatic rings. The van der Waals surface area contributed by atoms with E-state index in [1.54, 1.807) is 16.8 Å². The summed E-state index contributed by atoms with van der Waals surface area (Å²) in [5.41, 5.74) is 1.91. The zero-order valence-electron chi connectivity index (χ0n) is 13.5. The fourth-order valence-corrected chi connectivity index (χ4v) is 3.24. The van der Waals surface area contributed by atoms with Crippen molar-refractivity contribution in [3.05, 3.63) is 53.9 Å². The SMILES string of the molecule is Cc1ccn2c(C(=O)N3CCCCC3c3cccnc3)nnc2n1. The maximum Gasteiger partial charge on any atom is 0.292 e. The number of piperidine rings is 1. The standard InChI is InChI=1S/C17H18N6O/c1-12-7-10-23-15(20-21-17(23)19-12)16(24)22-9-3-2-6-14(22)13-5-4-8-18-11-13/h4-5,7-8,10-11,14H,2-3,6,9H2,1H3. The van der Waals surface area contributed by atoms with Gasteiger partial charge in [-0.1, -0.05) is 6.07 Å². The highest BCUT2D eigenvalue weighted by Gasteiger charge is 2.31. The molecule has 7 heteroatoms. The number of carbonyl (C=O) groups excluding carboxylic acids is 1. The Balaban J connectivity index is 1.71. The number of pyridine rings is 1. The average Bonchev–Trinajstić information content (AvgIpc) is 3.05. The van der Waals surface area contributed by atoms with Crippen LogP contribution in [-0.2, 0) is 0 Å². The van der Waals surface area contributed by atoms with Crippen LogP contribution in [0.1, 0.15) is 47.2 Å². The summed E-state index contributed by atoms with van der Waals surface area (Å²) < 4.78 is 1.66. The Labute approximate surface area is 139 Å². The molecular formula is C17H18N6O. The van der Waals surface area contributed by atoms with Crippen LogP contribution in [0.5, 0.6) is 0 Å². The van der Waals surface area contributed by atoms with E-state index in [9.17, 15) is 4.79 Å². The molecule has 0 aliphatic carbocycles. The second-order valence-corrected chi connectivity index (χ2v) is 6.06. The van der Waals surface area contributed by atoms with Crippen molar-refractivity contribution in [1.29, 1.82) is 0 Å². The fourth-order valence-electron chi connectivity index (χ4n) is 3.24. The van der Waals surface area contributed by atoms with Gasteiger partial charge in [0.25, 0.3) is 11.7 Å². The number of aromatic nitrogens is 5. The van der Waals surface area contributed by atoms with E-state index in [-0.39, 0.29) is 11.9 Å². The summed E-state index contributed by atoms with van der Waals surface area (Å²) in [6.45, 7) is 2.60. The van der Waals surface area contributed by atoms with Crippen LogP contribution < -0.4 is 0 Å². The Bertz CT molecular complexity index is 875. The van der Waals surface area contributed by atoms with Gasteiger partial charge in [0.1, 0.15) is 0 Å². The molecule has 0 aromatic carbocycles. The molecule has 0 spiro atoms. The Hall–Kier alpha value is -2.83. The molecule has 4 heterocycles. The van der Waals surface area contributed by atoms with Crippen LogP contribution in [0, 0.1) is 6.92 Å². The summed E-state index contributed by atoms with van der Waals surface area (Å²) >= 11 is 0. The molecule has 1 saturated heterocycles. The third-order valence-corrected chi connectivity index (χ3v) is 4.44. The molecule has 3 aromatic rings. The summed E-state index contributed by atoms with van der Waals surface area (Å²) in [7, 11) is 0. The molecule has 0 bridgehead atoms. The van der Waals surface area contributed by atoms with E-state index in [0.717, 1.165) is 30.5 Å². The normalized spacial score (nSPS) is 18.0. The quantitative estimate of drug-likeness (QED) is 0.723. The van der Waals surface area contributed by atoms with Gasteiger partial charge in [-0.15, -0.1) is 10.2 Å². The van der Waals surface area contributed by atoms with Gasteiger partial charge in [-0.3, -0.25) is 14.2 Å². The van der Waals surface area contributed by atoms with Gasteiger partial charge in [0.2, 0.25) is 5.82 Å². The molecule has 7 nitrogen and oxygen atoms in total. The van der Waals surface area contributed by atoms with Gasteiger partial charge < -0.3 is 4.90 Å². The molecule has 1 atom stereocenters. The number of likely N-dealkylation sites (tertiary alicyclic amines) is 1. The van der Waals surface area contributed by atoms with Crippen molar-refractivity contribution in [3.8, 4) is 0 Å². The number of rotatable bonds is 2. The van der Waals surface area contributed by atoms with Crippen molar-refractivity contribution in [2.75, 3.05) is 6.54 Å². The topological polar surface area (TPSA) is 76.3 Å².